The van der Waals surface area contributed by atoms with Crippen molar-refractivity contribution in [3.05, 3.63) is 42.2 Å². The maximum atomic E-state index is 13.8. The summed E-state index contributed by atoms with van der Waals surface area (Å²) in [5.41, 5.74) is -2.14. The fraction of sp³-hybridized carbons (Fsp3) is 0.480. The zero-order chi connectivity index (χ0) is 28.8. The molecule has 2 unspecified atom stereocenters. The number of hydrogen-bond acceptors (Lipinski definition) is 7. The molecule has 1 aromatic carbocycles. The molecule has 212 valence electrons. The molecule has 10 nitrogen and oxygen atoms in total. The Hall–Kier alpha value is -3.55. The van der Waals surface area contributed by atoms with Gasteiger partial charge in [-0.2, -0.15) is 13.2 Å². The van der Waals surface area contributed by atoms with E-state index in [4.69, 9.17) is 4.74 Å². The number of anilines is 2. The quantitative estimate of drug-likeness (QED) is 0.456. The van der Waals surface area contributed by atoms with Crippen LogP contribution < -0.4 is 14.4 Å². The van der Waals surface area contributed by atoms with E-state index in [1.54, 1.807) is 0 Å². The van der Waals surface area contributed by atoms with E-state index < -0.39 is 45.9 Å². The summed E-state index contributed by atoms with van der Waals surface area (Å²) in [5.74, 6) is -1.61. The lowest BCUT2D eigenvalue weighted by molar-refractivity contribution is -0.242. The summed E-state index contributed by atoms with van der Waals surface area (Å²) in [4.78, 5) is 27.9. The van der Waals surface area contributed by atoms with E-state index in [0.717, 1.165) is 17.1 Å². The number of amides is 1. The molecule has 2 heterocycles. The molecule has 14 heteroatoms. The van der Waals surface area contributed by atoms with Gasteiger partial charge in [0.25, 0.3) is 10.0 Å². The summed E-state index contributed by atoms with van der Waals surface area (Å²) in [5, 5.41) is 11.5. The fourth-order valence-electron chi connectivity index (χ4n) is 3.99. The number of sulfonamides is 1. The summed E-state index contributed by atoms with van der Waals surface area (Å²) < 4.78 is 78.5. The molecule has 0 bridgehead atoms. The maximum absolute atomic E-state index is 13.8. The van der Waals surface area contributed by atoms with Crippen LogP contribution >= 0.6 is 0 Å². The Morgan fingerprint density at radius 1 is 1.23 bits per heavy atom. The second-order valence-corrected chi connectivity index (χ2v) is 12.0. The molecule has 39 heavy (non-hydrogen) atoms. The van der Waals surface area contributed by atoms with E-state index in [9.17, 15) is 36.3 Å². The van der Waals surface area contributed by atoms with Gasteiger partial charge in [0.1, 0.15) is 11.9 Å². The molecule has 0 spiro atoms. The Labute approximate surface area is 223 Å². The number of fused-ring (bicyclic) bond motifs is 1. The number of carbonyl (C=O) groups is 2. The van der Waals surface area contributed by atoms with Gasteiger partial charge in [0.2, 0.25) is 5.60 Å². The second kappa shape index (κ2) is 10.2. The van der Waals surface area contributed by atoms with Crippen molar-refractivity contribution in [1.82, 2.24) is 4.98 Å². The number of carbonyl (C=O) groups excluding carboxylic acids is 1. The van der Waals surface area contributed by atoms with E-state index in [-0.39, 0.29) is 40.9 Å². The first-order valence-corrected chi connectivity index (χ1v) is 13.6. The molecule has 2 N–H and O–H groups in total. The predicted octanol–water partition coefficient (Wildman–Crippen LogP) is 4.92. The molecule has 2 atom stereocenters. The van der Waals surface area contributed by atoms with E-state index in [0.29, 0.717) is 19.5 Å². The van der Waals surface area contributed by atoms with Crippen LogP contribution in [0.25, 0.3) is 0 Å². The Balaban J connectivity index is 1.67. The number of pyridine rings is 1. The minimum Gasteiger partial charge on any atom is -0.486 e. The Morgan fingerprint density at radius 3 is 2.54 bits per heavy atom. The number of hydrogen-bond donors (Lipinski definition) is 2. The van der Waals surface area contributed by atoms with Gasteiger partial charge in [-0.15, -0.1) is 0 Å². The molecule has 2 aromatic rings. The lowest BCUT2D eigenvalue weighted by Crippen LogP contribution is -2.45. The summed E-state index contributed by atoms with van der Waals surface area (Å²) in [6.07, 6.45) is -3.78. The first-order chi connectivity index (χ1) is 18.1. The molecule has 1 saturated carbocycles. The molecule has 4 rings (SSSR count). The van der Waals surface area contributed by atoms with Crippen LogP contribution in [0.3, 0.4) is 0 Å². The molecule has 1 amide bonds. The Morgan fingerprint density at radius 2 is 1.92 bits per heavy atom. The van der Waals surface area contributed by atoms with Crippen molar-refractivity contribution in [2.24, 2.45) is 5.92 Å². The van der Waals surface area contributed by atoms with Gasteiger partial charge in [-0.3, -0.25) is 19.4 Å². The topological polar surface area (TPSA) is 135 Å². The number of aliphatic carboxylic acids is 1. The van der Waals surface area contributed by atoms with Crippen molar-refractivity contribution in [1.29, 1.82) is 0 Å². The molecular weight excluding hydrogens is 543 g/mol. The Bertz CT molecular complexity index is 1380. The Kier molecular flexibility index (Phi) is 7.45. The van der Waals surface area contributed by atoms with E-state index in [2.05, 4.69) is 15.0 Å². The molecule has 0 saturated heterocycles. The predicted molar refractivity (Wildman–Crippen MR) is 133 cm³/mol. The summed E-state index contributed by atoms with van der Waals surface area (Å²) in [6.45, 7) is 2.64. The normalized spacial score (nSPS) is 18.5. The van der Waals surface area contributed by atoms with E-state index in [1.807, 2.05) is 0 Å². The number of carboxylic acid groups (broad SMARTS) is 1. The largest absolute Gasteiger partial charge is 0.486 e. The lowest BCUT2D eigenvalue weighted by atomic mass is 10.0. The van der Waals surface area contributed by atoms with Crippen molar-refractivity contribution < 1.29 is 45.8 Å². The van der Waals surface area contributed by atoms with E-state index in [1.165, 1.54) is 43.5 Å². The molecule has 1 fully saturated rings. The van der Waals surface area contributed by atoms with Crippen molar-refractivity contribution in [3.8, 4) is 5.75 Å². The van der Waals surface area contributed by atoms with Gasteiger partial charge in [-0.25, -0.2) is 13.2 Å². The van der Waals surface area contributed by atoms with Crippen LogP contribution in [0.1, 0.15) is 51.6 Å². The number of nitrogens with zero attached hydrogens (tertiary/aromatic N) is 2. The zero-order valence-corrected chi connectivity index (χ0v) is 22.2. The number of benzene rings is 1. The molecular formula is C25H28F3N3O7S. The number of alkyl halides is 3. The van der Waals surface area contributed by atoms with Crippen LogP contribution in [0.15, 0.2) is 41.4 Å². The van der Waals surface area contributed by atoms with Gasteiger partial charge in [0.05, 0.1) is 23.0 Å². The van der Waals surface area contributed by atoms with Gasteiger partial charge in [0, 0.05) is 23.5 Å². The third-order valence-corrected chi connectivity index (χ3v) is 8.32. The molecule has 2 aliphatic rings. The average molecular weight is 572 g/mol. The van der Waals surface area contributed by atoms with Crippen molar-refractivity contribution in [2.45, 2.75) is 68.7 Å². The minimum absolute atomic E-state index is 0.0172. The van der Waals surface area contributed by atoms with Gasteiger partial charge >= 0.3 is 18.2 Å². The number of rotatable bonds is 8. The molecule has 1 aliphatic carbocycles. The van der Waals surface area contributed by atoms with Crippen LogP contribution in [0.2, 0.25) is 0 Å². The molecule has 1 aromatic heterocycles. The second-order valence-electron chi connectivity index (χ2n) is 10.1. The van der Waals surface area contributed by atoms with Crippen LogP contribution in [0.4, 0.5) is 29.3 Å². The van der Waals surface area contributed by atoms with Crippen LogP contribution in [-0.2, 0) is 19.6 Å². The number of halogens is 3. The minimum atomic E-state index is -4.81. The number of nitrogens with one attached hydrogen (secondary N) is 1. The summed E-state index contributed by atoms with van der Waals surface area (Å²) in [6, 6.07) is 6.75. The smallest absolute Gasteiger partial charge is 0.427 e. The molecule has 1 aliphatic heterocycles. The van der Waals surface area contributed by atoms with Gasteiger partial charge in [-0.05, 0) is 63.4 Å². The van der Waals surface area contributed by atoms with Gasteiger partial charge in [0.15, 0.2) is 0 Å². The zero-order valence-electron chi connectivity index (χ0n) is 21.4. The fourth-order valence-corrected chi connectivity index (χ4v) is 5.51. The number of carboxylic acids is 1. The van der Waals surface area contributed by atoms with Crippen LogP contribution in [-0.4, -0.2) is 55.0 Å². The van der Waals surface area contributed by atoms with Crippen LogP contribution in [0, 0.1) is 5.92 Å². The highest BCUT2D eigenvalue weighted by molar-refractivity contribution is 7.92. The summed E-state index contributed by atoms with van der Waals surface area (Å²) in [7, 11) is -4.21. The summed E-state index contributed by atoms with van der Waals surface area (Å²) >= 11 is 0. The van der Waals surface area contributed by atoms with Gasteiger partial charge in [-0.1, -0.05) is 6.92 Å². The highest BCUT2D eigenvalue weighted by Gasteiger charge is 2.51. The molecule has 0 radical (unpaired) electrons. The van der Waals surface area contributed by atoms with Crippen molar-refractivity contribution >= 4 is 33.5 Å². The number of ether oxygens (including phenoxy) is 2. The third kappa shape index (κ3) is 6.21. The first-order valence-electron chi connectivity index (χ1n) is 12.2. The first kappa shape index (κ1) is 28.5. The van der Waals surface area contributed by atoms with Gasteiger partial charge < -0.3 is 14.6 Å². The average Bonchev–Trinajstić information content (AvgIpc) is 3.68. The number of aromatic nitrogens is 1. The monoisotopic (exact) mass is 571 g/mol. The standard InChI is InChI=1S/C25H28F3N3O7S/c1-14(22(32)33)10-17-13-31(39(35,36)18-8-9-29-19(12-18)15-4-5-15)20-11-16(6-7-21(20)37-17)30-23(34)38-24(2,3)25(26,27)28/h6-9,11-12,14-15,17H,4-5,10,13H2,1-3H3,(H,30,34)(H,32,33). The highest BCUT2D eigenvalue weighted by atomic mass is 32.2. The SMILES string of the molecule is CC(CC1CN(S(=O)(=O)c2ccnc(C3CC3)c2)c2cc(NC(=O)OC(C)(C)C(F)(F)F)ccc2O1)C(=O)O. The highest BCUT2D eigenvalue weighted by Crippen LogP contribution is 2.42. The lowest BCUT2D eigenvalue weighted by Gasteiger charge is -2.36. The third-order valence-electron chi connectivity index (χ3n) is 6.54. The van der Waals surface area contributed by atoms with Crippen molar-refractivity contribution in [3.63, 3.8) is 0 Å². The van der Waals surface area contributed by atoms with Crippen molar-refractivity contribution in [2.75, 3.05) is 16.2 Å². The maximum Gasteiger partial charge on any atom is 0.427 e. The van der Waals surface area contributed by atoms with E-state index >= 15 is 0 Å². The van der Waals surface area contributed by atoms with Crippen LogP contribution in [0.5, 0.6) is 5.75 Å².